The molecular formula is C60H64N2+2. The number of hydrogen-bond donors (Lipinski definition) is 0. The van der Waals surface area contributed by atoms with Gasteiger partial charge in [0.2, 0.25) is 11.4 Å². The van der Waals surface area contributed by atoms with E-state index >= 15 is 0 Å². The Balaban J connectivity index is 0.000000158. The van der Waals surface area contributed by atoms with Crippen LogP contribution in [-0.2, 0) is 35.8 Å². The molecule has 0 N–H and O–H groups in total. The minimum absolute atomic E-state index is 0.0121. The fourth-order valence-corrected chi connectivity index (χ4v) is 11.2. The molecule has 312 valence electrons. The van der Waals surface area contributed by atoms with Crippen molar-refractivity contribution < 1.29 is 9.13 Å². The van der Waals surface area contributed by atoms with Gasteiger partial charge in [0.1, 0.15) is 14.1 Å². The van der Waals surface area contributed by atoms with Crippen LogP contribution in [0.2, 0.25) is 0 Å². The maximum absolute atomic E-state index is 2.44. The Kier molecular flexibility index (Phi) is 9.60. The summed E-state index contributed by atoms with van der Waals surface area (Å²) in [5.41, 5.74) is 22.0. The Labute approximate surface area is 371 Å². The largest absolute Gasteiger partial charge is 0.212 e. The Morgan fingerprint density at radius 3 is 1.34 bits per heavy atom. The van der Waals surface area contributed by atoms with E-state index in [0.717, 1.165) is 0 Å². The molecule has 2 heteroatoms. The molecule has 6 aromatic carbocycles. The van der Waals surface area contributed by atoms with E-state index in [-0.39, 0.29) is 21.7 Å². The third-order valence-electron chi connectivity index (χ3n) is 16.2. The summed E-state index contributed by atoms with van der Waals surface area (Å²) in [6.07, 6.45) is 4.42. The van der Waals surface area contributed by atoms with Crippen LogP contribution in [0.4, 0.5) is 0 Å². The molecule has 0 fully saturated rings. The highest BCUT2D eigenvalue weighted by atomic mass is 14.9. The summed E-state index contributed by atoms with van der Waals surface area (Å²) in [5, 5.41) is 5.35. The van der Waals surface area contributed by atoms with Crippen molar-refractivity contribution in [3.05, 3.63) is 178 Å². The van der Waals surface area contributed by atoms with E-state index in [1.807, 2.05) is 0 Å². The van der Waals surface area contributed by atoms with Crippen LogP contribution in [0.3, 0.4) is 0 Å². The number of fused-ring (bicyclic) bond motifs is 9. The summed E-state index contributed by atoms with van der Waals surface area (Å²) < 4.78 is 4.51. The number of rotatable bonds is 2. The Hall–Kier alpha value is -5.86. The van der Waals surface area contributed by atoms with Gasteiger partial charge in [-0.3, -0.25) is 0 Å². The van der Waals surface area contributed by atoms with E-state index in [2.05, 4.69) is 240 Å². The predicted octanol–water partition coefficient (Wildman–Crippen LogP) is 14.4. The molecule has 0 saturated carbocycles. The van der Waals surface area contributed by atoms with E-state index in [4.69, 9.17) is 0 Å². The van der Waals surface area contributed by atoms with Crippen LogP contribution in [-0.4, -0.2) is 0 Å². The summed E-state index contributed by atoms with van der Waals surface area (Å²) in [5.74, 6) is 0. The van der Waals surface area contributed by atoms with Crippen molar-refractivity contribution in [2.45, 2.75) is 105 Å². The van der Waals surface area contributed by atoms with Gasteiger partial charge in [-0.2, -0.15) is 0 Å². The fraction of sp³-hybridized carbons (Fsp3) is 0.300. The lowest BCUT2D eigenvalue weighted by Gasteiger charge is -2.49. The molecule has 0 radical (unpaired) electrons. The van der Waals surface area contributed by atoms with Gasteiger partial charge in [0.25, 0.3) is 0 Å². The molecule has 10 rings (SSSR count). The zero-order chi connectivity index (χ0) is 44.3. The summed E-state index contributed by atoms with van der Waals surface area (Å²) in [7, 11) is 4.30. The van der Waals surface area contributed by atoms with E-state index in [0.29, 0.717) is 0 Å². The molecule has 2 nitrogen and oxygen atoms in total. The van der Waals surface area contributed by atoms with Gasteiger partial charge in [-0.25, -0.2) is 9.13 Å². The van der Waals surface area contributed by atoms with Gasteiger partial charge in [0.05, 0.1) is 0 Å². The molecule has 0 atom stereocenters. The second-order valence-corrected chi connectivity index (χ2v) is 20.7. The van der Waals surface area contributed by atoms with Crippen molar-refractivity contribution >= 4 is 21.5 Å². The number of aryl methyl sites for hydroxylation is 4. The lowest BCUT2D eigenvalue weighted by molar-refractivity contribution is -0.660. The number of benzene rings is 6. The smallest absolute Gasteiger partial charge is 0.201 e. The first-order chi connectivity index (χ1) is 29.3. The molecule has 0 bridgehead atoms. The van der Waals surface area contributed by atoms with Crippen molar-refractivity contribution in [2.24, 2.45) is 14.1 Å². The second kappa shape index (κ2) is 14.3. The zero-order valence-electron chi connectivity index (χ0n) is 39.6. The van der Waals surface area contributed by atoms with Gasteiger partial charge in [0.15, 0.2) is 12.4 Å². The van der Waals surface area contributed by atoms with Crippen LogP contribution in [0.15, 0.2) is 134 Å². The first kappa shape index (κ1) is 41.5. The Bertz CT molecular complexity index is 3030. The maximum Gasteiger partial charge on any atom is 0.212 e. The lowest BCUT2D eigenvalue weighted by Crippen LogP contribution is -2.44. The average molecular weight is 813 g/mol. The van der Waals surface area contributed by atoms with E-state index in [1.54, 1.807) is 0 Å². The SMILES string of the molecule is Cc1ccc(-c2ccc3c(c2C)-c2cc4ccccc4cc2C(C)(C)C3(C)C)[n+](C)c1.Cc1ccc(-c2ccc3c(c2C)-c2ccc4ccccc4c2C(C)(C)C3(C)C)[n+](C)c1. The molecule has 0 unspecified atom stereocenters. The minimum atomic E-state index is 0.0121. The maximum atomic E-state index is 2.44. The number of hydrogen-bond acceptors (Lipinski definition) is 0. The molecule has 8 aromatic rings. The number of pyridine rings is 2. The van der Waals surface area contributed by atoms with Gasteiger partial charge in [-0.1, -0.05) is 128 Å². The van der Waals surface area contributed by atoms with Crippen molar-refractivity contribution in [2.75, 3.05) is 0 Å². The molecule has 2 aromatic heterocycles. The first-order valence-corrected chi connectivity index (χ1v) is 22.5. The van der Waals surface area contributed by atoms with Gasteiger partial charge in [-0.05, 0) is 158 Å². The third kappa shape index (κ3) is 6.04. The highest BCUT2D eigenvalue weighted by molar-refractivity contribution is 5.97. The van der Waals surface area contributed by atoms with Crippen LogP contribution in [0.1, 0.15) is 99.9 Å². The Morgan fingerprint density at radius 1 is 0.371 bits per heavy atom. The normalized spacial score (nSPS) is 16.1. The van der Waals surface area contributed by atoms with Crippen LogP contribution >= 0.6 is 0 Å². The van der Waals surface area contributed by atoms with Gasteiger partial charge in [-0.15, -0.1) is 0 Å². The monoisotopic (exact) mass is 813 g/mol. The van der Waals surface area contributed by atoms with Crippen LogP contribution in [0.25, 0.3) is 66.3 Å². The molecule has 2 aliphatic carbocycles. The van der Waals surface area contributed by atoms with Crippen molar-refractivity contribution in [1.82, 2.24) is 0 Å². The van der Waals surface area contributed by atoms with E-state index in [1.165, 1.54) is 111 Å². The van der Waals surface area contributed by atoms with Crippen molar-refractivity contribution in [3.8, 4) is 44.8 Å². The van der Waals surface area contributed by atoms with E-state index in [9.17, 15) is 0 Å². The third-order valence-corrected chi connectivity index (χ3v) is 16.2. The quantitative estimate of drug-likeness (QED) is 0.154. The topological polar surface area (TPSA) is 7.76 Å². The average Bonchev–Trinajstić information content (AvgIpc) is 3.22. The molecule has 2 aliphatic rings. The predicted molar refractivity (Wildman–Crippen MR) is 263 cm³/mol. The molecule has 2 heterocycles. The summed E-state index contributed by atoms with van der Waals surface area (Å²) in [4.78, 5) is 0. The van der Waals surface area contributed by atoms with Crippen LogP contribution in [0.5, 0.6) is 0 Å². The Morgan fingerprint density at radius 2 is 0.806 bits per heavy atom. The van der Waals surface area contributed by atoms with Gasteiger partial charge >= 0.3 is 0 Å². The van der Waals surface area contributed by atoms with Gasteiger partial charge < -0.3 is 0 Å². The number of aromatic nitrogens is 2. The molecule has 0 aliphatic heterocycles. The van der Waals surface area contributed by atoms with Crippen LogP contribution < -0.4 is 9.13 Å². The highest BCUT2D eigenvalue weighted by Gasteiger charge is 2.48. The molecular weight excluding hydrogens is 749 g/mol. The van der Waals surface area contributed by atoms with Crippen molar-refractivity contribution in [1.29, 1.82) is 0 Å². The standard InChI is InChI=1S/2C30H32N/c1-19-12-17-26(31(7)18-19)22-15-16-25-27(20(22)2)24-14-13-21-10-8-9-11-23(21)28(24)30(5,6)29(25,3)4;1-19-12-15-27(31(7)18-19)23-13-14-25-28(20(23)2)24-16-21-10-8-9-11-22(21)17-26(24)30(5,6)29(25,3)4/h2*8-18H,1-7H3/q2*+1. The molecule has 0 spiro atoms. The molecule has 0 amide bonds. The summed E-state index contributed by atoms with van der Waals surface area (Å²) in [6.45, 7) is 28.2. The highest BCUT2D eigenvalue weighted by Crippen LogP contribution is 2.58. The second-order valence-electron chi connectivity index (χ2n) is 20.7. The summed E-state index contributed by atoms with van der Waals surface area (Å²) in [6, 6.07) is 45.5. The summed E-state index contributed by atoms with van der Waals surface area (Å²) >= 11 is 0. The van der Waals surface area contributed by atoms with Crippen LogP contribution in [0, 0.1) is 27.7 Å². The lowest BCUT2D eigenvalue weighted by atomic mass is 9.54. The van der Waals surface area contributed by atoms with E-state index < -0.39 is 0 Å². The zero-order valence-corrected chi connectivity index (χ0v) is 39.6. The number of nitrogens with zero attached hydrogens (tertiary/aromatic N) is 2. The first-order valence-electron chi connectivity index (χ1n) is 22.5. The molecule has 0 saturated heterocycles. The van der Waals surface area contributed by atoms with Gasteiger partial charge in [0, 0.05) is 39.8 Å². The fourth-order valence-electron chi connectivity index (χ4n) is 11.2. The molecule has 62 heavy (non-hydrogen) atoms. The van der Waals surface area contributed by atoms with Crippen molar-refractivity contribution in [3.63, 3.8) is 0 Å². The minimum Gasteiger partial charge on any atom is -0.201 e.